The molecule has 0 N–H and O–H groups in total. The summed E-state index contributed by atoms with van der Waals surface area (Å²) in [5.74, 6) is -0.395. The van der Waals surface area contributed by atoms with Gasteiger partial charge in [0, 0.05) is 19.0 Å². The number of benzene rings is 2. The molecule has 0 amide bonds. The van der Waals surface area contributed by atoms with Gasteiger partial charge in [0.05, 0.1) is 32.8 Å². The zero-order valence-electron chi connectivity index (χ0n) is 15.4. The zero-order valence-corrected chi connectivity index (χ0v) is 17.0. The second kappa shape index (κ2) is 7.62. The van der Waals surface area contributed by atoms with Crippen molar-refractivity contribution in [3.63, 3.8) is 0 Å². The van der Waals surface area contributed by atoms with E-state index in [2.05, 4.69) is 4.74 Å². The van der Waals surface area contributed by atoms with Gasteiger partial charge in [-0.3, -0.25) is 0 Å². The summed E-state index contributed by atoms with van der Waals surface area (Å²) in [6.07, 6.45) is 1.72. The van der Waals surface area contributed by atoms with E-state index in [4.69, 9.17) is 4.98 Å². The van der Waals surface area contributed by atoms with Gasteiger partial charge in [-0.05, 0) is 49.2 Å². The number of carbonyl (C=O) groups is 1. The molecule has 0 bridgehead atoms. The number of hydrogen-bond acceptors (Lipinski definition) is 6. The molecule has 0 radical (unpaired) electrons. The Labute approximate surface area is 167 Å². The Morgan fingerprint density at radius 1 is 1.18 bits per heavy atom. The number of esters is 1. The molecule has 1 aliphatic heterocycles. The number of carbonyl (C=O) groups excluding carboxylic acids is 1. The highest BCUT2D eigenvalue weighted by Crippen LogP contribution is 2.34. The van der Waals surface area contributed by atoms with E-state index in [9.17, 15) is 13.2 Å². The summed E-state index contributed by atoms with van der Waals surface area (Å²) >= 11 is 1.64. The summed E-state index contributed by atoms with van der Waals surface area (Å²) < 4.78 is 33.5. The van der Waals surface area contributed by atoms with Gasteiger partial charge in [0.2, 0.25) is 10.0 Å². The van der Waals surface area contributed by atoms with Crippen molar-refractivity contribution < 1.29 is 17.9 Å². The van der Waals surface area contributed by atoms with E-state index < -0.39 is 16.0 Å². The number of hydrogen-bond donors (Lipinski definition) is 0. The van der Waals surface area contributed by atoms with Gasteiger partial charge in [-0.25, -0.2) is 18.2 Å². The number of fused-ring (bicyclic) bond motifs is 1. The van der Waals surface area contributed by atoms with Crippen molar-refractivity contribution >= 4 is 37.5 Å². The molecule has 1 atom stereocenters. The molecule has 28 heavy (non-hydrogen) atoms. The molecule has 4 rings (SSSR count). The van der Waals surface area contributed by atoms with Crippen molar-refractivity contribution in [1.82, 2.24) is 9.29 Å². The first-order chi connectivity index (χ1) is 13.5. The molecule has 1 aliphatic rings. The predicted octanol–water partition coefficient (Wildman–Crippen LogP) is 3.65. The fourth-order valence-corrected chi connectivity index (χ4v) is 6.07. The standard InChI is InChI=1S/C20H20N2O4S2/c1-26-20(23)14-8-10-16(11-9-14)28(24,25)22-12-4-5-15(13-22)19-21-17-6-2-3-7-18(17)27-19/h2-3,6-11,15H,4-5,12-13H2,1H3. The number of aromatic nitrogens is 1. The Balaban J connectivity index is 1.57. The minimum atomic E-state index is -3.62. The summed E-state index contributed by atoms with van der Waals surface area (Å²) in [5, 5.41) is 0.988. The van der Waals surface area contributed by atoms with Gasteiger partial charge >= 0.3 is 5.97 Å². The van der Waals surface area contributed by atoms with Crippen LogP contribution in [-0.2, 0) is 14.8 Å². The third-order valence-electron chi connectivity index (χ3n) is 4.96. The molecule has 2 aromatic carbocycles. The zero-order chi connectivity index (χ0) is 19.7. The third-order valence-corrected chi connectivity index (χ3v) is 8.04. The highest BCUT2D eigenvalue weighted by atomic mass is 32.2. The normalized spacial score (nSPS) is 18.2. The molecule has 0 aliphatic carbocycles. The average Bonchev–Trinajstić information content (AvgIpc) is 3.18. The fraction of sp³-hybridized carbons (Fsp3) is 0.300. The van der Waals surface area contributed by atoms with E-state index in [-0.39, 0.29) is 10.8 Å². The Bertz CT molecular complexity index is 1070. The van der Waals surface area contributed by atoms with Crippen molar-refractivity contribution in [3.05, 3.63) is 59.1 Å². The predicted molar refractivity (Wildman–Crippen MR) is 108 cm³/mol. The molecule has 146 valence electrons. The smallest absolute Gasteiger partial charge is 0.337 e. The summed E-state index contributed by atoms with van der Waals surface area (Å²) in [7, 11) is -2.33. The van der Waals surface area contributed by atoms with Crippen LogP contribution in [0.25, 0.3) is 10.2 Å². The second-order valence-electron chi connectivity index (χ2n) is 6.74. The second-order valence-corrected chi connectivity index (χ2v) is 9.74. The number of sulfonamides is 1. The van der Waals surface area contributed by atoms with Crippen LogP contribution < -0.4 is 0 Å². The SMILES string of the molecule is COC(=O)c1ccc(S(=O)(=O)N2CCCC(c3nc4ccccc4s3)C2)cc1. The fourth-order valence-electron chi connectivity index (χ4n) is 3.46. The third kappa shape index (κ3) is 3.55. The number of thiazole rings is 1. The van der Waals surface area contributed by atoms with Crippen LogP contribution >= 0.6 is 11.3 Å². The van der Waals surface area contributed by atoms with Gasteiger partial charge < -0.3 is 4.74 Å². The molecular formula is C20H20N2O4S2. The van der Waals surface area contributed by atoms with Crippen LogP contribution in [0.3, 0.4) is 0 Å². The number of ether oxygens (including phenoxy) is 1. The maximum atomic E-state index is 13.1. The maximum Gasteiger partial charge on any atom is 0.337 e. The summed E-state index contributed by atoms with van der Waals surface area (Å²) in [6.45, 7) is 0.906. The highest BCUT2D eigenvalue weighted by molar-refractivity contribution is 7.89. The highest BCUT2D eigenvalue weighted by Gasteiger charge is 2.32. The van der Waals surface area contributed by atoms with E-state index in [1.165, 1.54) is 35.7 Å². The molecule has 0 saturated carbocycles. The molecule has 1 aromatic heterocycles. The van der Waals surface area contributed by atoms with Gasteiger partial charge in [0.1, 0.15) is 0 Å². The lowest BCUT2D eigenvalue weighted by Gasteiger charge is -2.31. The summed E-state index contributed by atoms with van der Waals surface area (Å²) in [6, 6.07) is 13.8. The lowest BCUT2D eigenvalue weighted by atomic mass is 10.0. The summed E-state index contributed by atoms with van der Waals surface area (Å²) in [4.78, 5) is 16.5. The molecule has 8 heteroatoms. The Morgan fingerprint density at radius 2 is 1.93 bits per heavy atom. The first kappa shape index (κ1) is 19.0. The van der Waals surface area contributed by atoms with Gasteiger partial charge in [0.25, 0.3) is 0 Å². The maximum absolute atomic E-state index is 13.1. The van der Waals surface area contributed by atoms with Gasteiger partial charge in [0.15, 0.2) is 0 Å². The Morgan fingerprint density at radius 3 is 2.64 bits per heavy atom. The molecular weight excluding hydrogens is 396 g/mol. The van der Waals surface area contributed by atoms with Crippen LogP contribution in [0.5, 0.6) is 0 Å². The number of rotatable bonds is 4. The largest absolute Gasteiger partial charge is 0.465 e. The molecule has 1 fully saturated rings. The van der Waals surface area contributed by atoms with Gasteiger partial charge in [-0.1, -0.05) is 12.1 Å². The van der Waals surface area contributed by atoms with E-state index in [0.29, 0.717) is 18.7 Å². The lowest BCUT2D eigenvalue weighted by Crippen LogP contribution is -2.39. The quantitative estimate of drug-likeness (QED) is 0.607. The van der Waals surface area contributed by atoms with E-state index in [1.54, 1.807) is 11.3 Å². The van der Waals surface area contributed by atoms with Crippen molar-refractivity contribution in [3.8, 4) is 0 Å². The van der Waals surface area contributed by atoms with Crippen LogP contribution in [-0.4, -0.2) is 43.9 Å². The van der Waals surface area contributed by atoms with Crippen LogP contribution in [0.1, 0.15) is 34.1 Å². The molecule has 0 spiro atoms. The number of nitrogens with zero attached hydrogens (tertiary/aromatic N) is 2. The van der Waals surface area contributed by atoms with Gasteiger partial charge in [-0.15, -0.1) is 11.3 Å². The van der Waals surface area contributed by atoms with Crippen molar-refractivity contribution in [2.45, 2.75) is 23.7 Å². The van der Waals surface area contributed by atoms with Crippen molar-refractivity contribution in [1.29, 1.82) is 0 Å². The average molecular weight is 417 g/mol. The van der Waals surface area contributed by atoms with E-state index in [1.807, 2.05) is 24.3 Å². The molecule has 2 heterocycles. The van der Waals surface area contributed by atoms with Crippen molar-refractivity contribution in [2.75, 3.05) is 20.2 Å². The number of para-hydroxylation sites is 1. The van der Waals surface area contributed by atoms with Crippen molar-refractivity contribution in [2.24, 2.45) is 0 Å². The van der Waals surface area contributed by atoms with Crippen LogP contribution in [0.4, 0.5) is 0 Å². The Kier molecular flexibility index (Phi) is 5.18. The molecule has 6 nitrogen and oxygen atoms in total. The van der Waals surface area contributed by atoms with Crippen LogP contribution in [0.15, 0.2) is 53.4 Å². The van der Waals surface area contributed by atoms with E-state index >= 15 is 0 Å². The first-order valence-electron chi connectivity index (χ1n) is 9.03. The number of methoxy groups -OCH3 is 1. The van der Waals surface area contributed by atoms with E-state index in [0.717, 1.165) is 28.1 Å². The molecule has 1 unspecified atom stereocenters. The Hall–Kier alpha value is -2.29. The topological polar surface area (TPSA) is 76.6 Å². The minimum Gasteiger partial charge on any atom is -0.465 e. The van der Waals surface area contributed by atoms with Gasteiger partial charge in [-0.2, -0.15) is 4.31 Å². The molecule has 3 aromatic rings. The monoisotopic (exact) mass is 416 g/mol. The lowest BCUT2D eigenvalue weighted by molar-refractivity contribution is 0.0600. The van der Waals surface area contributed by atoms with Crippen LogP contribution in [0, 0.1) is 0 Å². The summed E-state index contributed by atoms with van der Waals surface area (Å²) in [5.41, 5.74) is 1.29. The minimum absolute atomic E-state index is 0.0928. The van der Waals surface area contributed by atoms with Crippen LogP contribution in [0.2, 0.25) is 0 Å². The number of piperidine rings is 1. The first-order valence-corrected chi connectivity index (χ1v) is 11.3. The molecule has 1 saturated heterocycles.